The van der Waals surface area contributed by atoms with Gasteiger partial charge in [-0.1, -0.05) is 24.2 Å². The Bertz CT molecular complexity index is 735. The zero-order chi connectivity index (χ0) is 18.7. The number of rotatable bonds is 6. The number of hydrogen-bond donors (Lipinski definition) is 1. The fraction of sp³-hybridized carbons (Fsp3) is 0.647. The Hall–Kier alpha value is -2.42. The Labute approximate surface area is 152 Å². The quantitative estimate of drug-likeness (QED) is 0.838. The fourth-order valence-electron chi connectivity index (χ4n) is 3.28. The number of carbonyl (C=O) groups is 1. The summed E-state index contributed by atoms with van der Waals surface area (Å²) in [4.78, 5) is 18.8. The molecule has 0 aromatic carbocycles. The first-order valence-electron chi connectivity index (χ1n) is 8.91. The van der Waals surface area contributed by atoms with E-state index in [1.807, 2.05) is 13.8 Å². The van der Waals surface area contributed by atoms with Crippen LogP contribution in [0.15, 0.2) is 9.05 Å². The summed E-state index contributed by atoms with van der Waals surface area (Å²) in [6.45, 7) is 6.62. The molecule has 1 saturated heterocycles. The van der Waals surface area contributed by atoms with Crippen LogP contribution < -0.4 is 5.32 Å². The van der Waals surface area contributed by atoms with E-state index in [9.17, 15) is 4.79 Å². The molecule has 9 nitrogen and oxygen atoms in total. The van der Waals surface area contributed by atoms with Crippen LogP contribution in [0, 0.1) is 6.92 Å². The maximum Gasteiger partial charge on any atom is 0.318 e. The van der Waals surface area contributed by atoms with E-state index in [0.29, 0.717) is 31.2 Å². The van der Waals surface area contributed by atoms with E-state index in [0.717, 1.165) is 29.9 Å². The van der Waals surface area contributed by atoms with Gasteiger partial charge in [-0.15, -0.1) is 0 Å². The van der Waals surface area contributed by atoms with Crippen molar-refractivity contribution >= 4 is 6.03 Å². The van der Waals surface area contributed by atoms with Gasteiger partial charge in [0.15, 0.2) is 5.82 Å². The van der Waals surface area contributed by atoms with Crippen molar-refractivity contribution < 1.29 is 18.6 Å². The summed E-state index contributed by atoms with van der Waals surface area (Å²) in [6, 6.07) is -0.490. The first kappa shape index (κ1) is 18.4. The van der Waals surface area contributed by atoms with Crippen LogP contribution in [0.1, 0.15) is 55.0 Å². The Balaban J connectivity index is 1.72. The molecule has 3 heterocycles. The van der Waals surface area contributed by atoms with Crippen molar-refractivity contribution in [3.63, 3.8) is 0 Å². The summed E-state index contributed by atoms with van der Waals surface area (Å²) in [5.41, 5.74) is 1.83. The van der Waals surface area contributed by atoms with Crippen LogP contribution in [0.2, 0.25) is 0 Å². The summed E-state index contributed by atoms with van der Waals surface area (Å²) in [5, 5.41) is 10.9. The number of hydrogen-bond acceptors (Lipinski definition) is 7. The lowest BCUT2D eigenvalue weighted by Gasteiger charge is -2.22. The molecular weight excluding hydrogens is 338 g/mol. The first-order chi connectivity index (χ1) is 12.6. The SMILES string of the molecule is CCc1noc(CC)c1CNC(=O)N1C[C@@H](OC)C[C@@H]1c1nc(C)no1. The molecule has 26 heavy (non-hydrogen) atoms. The van der Waals surface area contributed by atoms with Gasteiger partial charge in [-0.25, -0.2) is 4.79 Å². The van der Waals surface area contributed by atoms with Crippen molar-refractivity contribution in [2.45, 2.75) is 58.7 Å². The average molecular weight is 363 g/mol. The molecule has 1 aliphatic heterocycles. The summed E-state index contributed by atoms with van der Waals surface area (Å²) in [7, 11) is 1.64. The van der Waals surface area contributed by atoms with E-state index in [2.05, 4.69) is 20.6 Å². The van der Waals surface area contributed by atoms with Crippen LogP contribution in [0.5, 0.6) is 0 Å². The summed E-state index contributed by atoms with van der Waals surface area (Å²) in [5.74, 6) is 1.79. The molecule has 2 aromatic rings. The number of amides is 2. The molecule has 2 aromatic heterocycles. The molecular formula is C17H25N5O4. The van der Waals surface area contributed by atoms with Gasteiger partial charge in [0.25, 0.3) is 0 Å². The third-order valence-corrected chi connectivity index (χ3v) is 4.71. The minimum atomic E-state index is -0.292. The number of methoxy groups -OCH3 is 1. The van der Waals surface area contributed by atoms with Crippen LogP contribution in [0.25, 0.3) is 0 Å². The largest absolute Gasteiger partial charge is 0.380 e. The Morgan fingerprint density at radius 2 is 2.12 bits per heavy atom. The number of carbonyl (C=O) groups excluding carboxylic acids is 1. The topological polar surface area (TPSA) is 107 Å². The second-order valence-corrected chi connectivity index (χ2v) is 6.34. The van der Waals surface area contributed by atoms with Crippen molar-refractivity contribution in [3.05, 3.63) is 28.7 Å². The minimum absolute atomic E-state index is 0.0639. The van der Waals surface area contributed by atoms with Crippen LogP contribution >= 0.6 is 0 Å². The van der Waals surface area contributed by atoms with Gasteiger partial charge in [-0.05, 0) is 13.3 Å². The van der Waals surface area contributed by atoms with E-state index >= 15 is 0 Å². The monoisotopic (exact) mass is 363 g/mol. The summed E-state index contributed by atoms with van der Waals surface area (Å²) in [6.07, 6.45) is 2.05. The highest BCUT2D eigenvalue weighted by Gasteiger charge is 2.39. The van der Waals surface area contributed by atoms with Gasteiger partial charge < -0.3 is 24.0 Å². The molecule has 0 radical (unpaired) electrons. The van der Waals surface area contributed by atoms with Crippen molar-refractivity contribution in [3.8, 4) is 0 Å². The lowest BCUT2D eigenvalue weighted by molar-refractivity contribution is 0.110. The van der Waals surface area contributed by atoms with Crippen molar-refractivity contribution in [2.75, 3.05) is 13.7 Å². The van der Waals surface area contributed by atoms with E-state index in [4.69, 9.17) is 13.8 Å². The molecule has 9 heteroatoms. The standard InChI is InChI=1S/C17H25N5O4/c1-5-13-12(15(6-2)25-21-13)8-18-17(23)22-9-11(24-4)7-14(22)16-19-10(3)20-26-16/h11,14H,5-9H2,1-4H3,(H,18,23)/t11-,14+/m0/s1. The first-order valence-corrected chi connectivity index (χ1v) is 8.91. The average Bonchev–Trinajstić information content (AvgIpc) is 3.36. The van der Waals surface area contributed by atoms with Gasteiger partial charge in [0.05, 0.1) is 11.8 Å². The molecule has 0 spiro atoms. The highest BCUT2D eigenvalue weighted by molar-refractivity contribution is 5.75. The second-order valence-electron chi connectivity index (χ2n) is 6.34. The lowest BCUT2D eigenvalue weighted by atomic mass is 10.1. The summed E-state index contributed by atoms with van der Waals surface area (Å²) >= 11 is 0. The predicted octanol–water partition coefficient (Wildman–Crippen LogP) is 2.16. The summed E-state index contributed by atoms with van der Waals surface area (Å²) < 4.78 is 16.1. The van der Waals surface area contributed by atoms with E-state index < -0.39 is 0 Å². The molecule has 3 rings (SSSR count). The van der Waals surface area contributed by atoms with Crippen LogP contribution in [-0.2, 0) is 24.1 Å². The highest BCUT2D eigenvalue weighted by atomic mass is 16.5. The Kier molecular flexibility index (Phi) is 5.55. The highest BCUT2D eigenvalue weighted by Crippen LogP contribution is 2.32. The van der Waals surface area contributed by atoms with Gasteiger partial charge in [-0.2, -0.15) is 4.98 Å². The van der Waals surface area contributed by atoms with Gasteiger partial charge in [-0.3, -0.25) is 0 Å². The van der Waals surface area contributed by atoms with Crippen LogP contribution in [0.3, 0.4) is 0 Å². The zero-order valence-corrected chi connectivity index (χ0v) is 15.6. The molecule has 0 unspecified atom stereocenters. The minimum Gasteiger partial charge on any atom is -0.380 e. The molecule has 0 saturated carbocycles. The van der Waals surface area contributed by atoms with E-state index in [1.54, 1.807) is 18.9 Å². The maximum atomic E-state index is 12.8. The van der Waals surface area contributed by atoms with Crippen LogP contribution in [0.4, 0.5) is 4.79 Å². The number of nitrogens with one attached hydrogen (secondary N) is 1. The van der Waals surface area contributed by atoms with E-state index in [-0.39, 0.29) is 18.2 Å². The second kappa shape index (κ2) is 7.86. The normalized spacial score (nSPS) is 19.9. The van der Waals surface area contributed by atoms with Gasteiger partial charge in [0.1, 0.15) is 11.8 Å². The molecule has 1 aliphatic rings. The van der Waals surface area contributed by atoms with Gasteiger partial charge >= 0.3 is 6.03 Å². The molecule has 1 N–H and O–H groups in total. The maximum absolute atomic E-state index is 12.8. The molecule has 2 atom stereocenters. The molecule has 142 valence electrons. The lowest BCUT2D eigenvalue weighted by Crippen LogP contribution is -2.40. The zero-order valence-electron chi connectivity index (χ0n) is 15.6. The number of nitrogens with zero attached hydrogens (tertiary/aromatic N) is 4. The predicted molar refractivity (Wildman–Crippen MR) is 91.4 cm³/mol. The van der Waals surface area contributed by atoms with Crippen molar-refractivity contribution in [1.29, 1.82) is 0 Å². The number of likely N-dealkylation sites (tertiary alicyclic amines) is 1. The van der Waals surface area contributed by atoms with Crippen molar-refractivity contribution in [2.24, 2.45) is 0 Å². The number of urea groups is 1. The van der Waals surface area contributed by atoms with Gasteiger partial charge in [0.2, 0.25) is 5.89 Å². The van der Waals surface area contributed by atoms with Gasteiger partial charge in [0, 0.05) is 38.6 Å². The Morgan fingerprint density at radius 3 is 2.73 bits per heavy atom. The van der Waals surface area contributed by atoms with Crippen molar-refractivity contribution in [1.82, 2.24) is 25.5 Å². The third-order valence-electron chi connectivity index (χ3n) is 4.71. The van der Waals surface area contributed by atoms with Crippen LogP contribution in [-0.4, -0.2) is 46.0 Å². The fourth-order valence-corrected chi connectivity index (χ4v) is 3.28. The molecule has 2 amide bonds. The number of ether oxygens (including phenoxy) is 1. The van der Waals surface area contributed by atoms with E-state index in [1.165, 1.54) is 0 Å². The number of aryl methyl sites for hydroxylation is 3. The number of aromatic nitrogens is 3. The Morgan fingerprint density at radius 1 is 1.31 bits per heavy atom. The molecule has 0 bridgehead atoms. The molecule has 1 fully saturated rings. The molecule has 0 aliphatic carbocycles. The third kappa shape index (κ3) is 3.57. The smallest absolute Gasteiger partial charge is 0.318 e.